The summed E-state index contributed by atoms with van der Waals surface area (Å²) < 4.78 is 0. The number of anilines is 1. The number of likely N-dealkylation sites (tertiary alicyclic amines) is 1. The van der Waals surface area contributed by atoms with Crippen LogP contribution in [0.1, 0.15) is 84.3 Å². The van der Waals surface area contributed by atoms with E-state index in [0.717, 1.165) is 79.3 Å². The SMILES string of the molecule is CC/C(=C(/C)C(=O)C1CCC1)N1CCC2(CCC(C)CC2)C1=O.CNCc1ccc(N(N)C=N)nn1. The van der Waals surface area contributed by atoms with Gasteiger partial charge in [-0.2, -0.15) is 5.10 Å². The summed E-state index contributed by atoms with van der Waals surface area (Å²) in [5, 5.41) is 18.7. The molecule has 0 atom stereocenters. The molecule has 9 heteroatoms. The van der Waals surface area contributed by atoms with Crippen molar-refractivity contribution in [3.63, 3.8) is 0 Å². The van der Waals surface area contributed by atoms with Gasteiger partial charge in [0.1, 0.15) is 6.34 Å². The Balaban J connectivity index is 0.000000236. The van der Waals surface area contributed by atoms with Crippen molar-refractivity contribution in [3.8, 4) is 0 Å². The minimum absolute atomic E-state index is 0.118. The van der Waals surface area contributed by atoms with Gasteiger partial charge in [0.25, 0.3) is 0 Å². The summed E-state index contributed by atoms with van der Waals surface area (Å²) in [4.78, 5) is 27.7. The van der Waals surface area contributed by atoms with Crippen LogP contribution >= 0.6 is 0 Å². The van der Waals surface area contributed by atoms with Gasteiger partial charge in [0, 0.05) is 30.3 Å². The summed E-state index contributed by atoms with van der Waals surface area (Å²) in [5.41, 5.74) is 2.58. The van der Waals surface area contributed by atoms with Crippen LogP contribution in [0.15, 0.2) is 23.4 Å². The van der Waals surface area contributed by atoms with Crippen LogP contribution in [-0.2, 0) is 16.1 Å². The van der Waals surface area contributed by atoms with Gasteiger partial charge in [-0.05, 0) is 83.4 Å². The Hall–Kier alpha value is -2.65. The van der Waals surface area contributed by atoms with Crippen LogP contribution < -0.4 is 16.2 Å². The van der Waals surface area contributed by atoms with Crippen molar-refractivity contribution >= 4 is 23.8 Å². The fourth-order valence-corrected chi connectivity index (χ4v) is 5.47. The normalized spacial score (nSPS) is 24.5. The van der Waals surface area contributed by atoms with Gasteiger partial charge < -0.3 is 10.2 Å². The lowest BCUT2D eigenvalue weighted by molar-refractivity contribution is -0.136. The molecule has 2 saturated carbocycles. The molecular formula is C27H43N7O2. The maximum absolute atomic E-state index is 13.2. The number of hydrazine groups is 1. The summed E-state index contributed by atoms with van der Waals surface area (Å²) in [6.07, 6.45) is 10.4. The minimum atomic E-state index is -0.118. The number of nitrogens with two attached hydrogens (primary N) is 1. The van der Waals surface area contributed by atoms with E-state index in [-0.39, 0.29) is 11.3 Å². The van der Waals surface area contributed by atoms with E-state index in [1.54, 1.807) is 6.07 Å². The van der Waals surface area contributed by atoms with Gasteiger partial charge >= 0.3 is 0 Å². The Bertz CT molecular complexity index is 947. The van der Waals surface area contributed by atoms with Crippen LogP contribution in [-0.4, -0.2) is 46.7 Å². The maximum atomic E-state index is 13.2. The molecule has 0 aromatic carbocycles. The van der Waals surface area contributed by atoms with Crippen LogP contribution in [0.5, 0.6) is 0 Å². The highest BCUT2D eigenvalue weighted by Gasteiger charge is 2.48. The van der Waals surface area contributed by atoms with Crippen molar-refractivity contribution in [2.24, 2.45) is 23.1 Å². The zero-order chi connectivity index (χ0) is 26.3. The van der Waals surface area contributed by atoms with Gasteiger partial charge in [-0.25, -0.2) is 5.84 Å². The molecule has 4 N–H and O–H groups in total. The Morgan fingerprint density at radius 2 is 1.94 bits per heavy atom. The predicted molar refractivity (Wildman–Crippen MR) is 142 cm³/mol. The number of rotatable bonds is 8. The summed E-state index contributed by atoms with van der Waals surface area (Å²) in [5.74, 6) is 7.42. The van der Waals surface area contributed by atoms with Crippen LogP contribution in [0.2, 0.25) is 0 Å². The molecule has 9 nitrogen and oxygen atoms in total. The second-order valence-corrected chi connectivity index (χ2v) is 10.5. The number of carbonyl (C=O) groups excluding carboxylic acids is 2. The third-order valence-electron chi connectivity index (χ3n) is 8.15. The number of carbonyl (C=O) groups is 2. The topological polar surface area (TPSA) is 128 Å². The summed E-state index contributed by atoms with van der Waals surface area (Å²) in [6.45, 7) is 7.80. The van der Waals surface area contributed by atoms with Crippen molar-refractivity contribution in [2.45, 2.75) is 85.1 Å². The number of hydrogen-bond donors (Lipinski definition) is 3. The van der Waals surface area contributed by atoms with Gasteiger partial charge in [-0.15, -0.1) is 5.10 Å². The number of ketones is 1. The molecule has 1 aromatic rings. The van der Waals surface area contributed by atoms with Crippen LogP contribution in [0.25, 0.3) is 0 Å². The highest BCUT2D eigenvalue weighted by molar-refractivity contribution is 5.99. The Labute approximate surface area is 215 Å². The fourth-order valence-electron chi connectivity index (χ4n) is 5.47. The lowest BCUT2D eigenvalue weighted by atomic mass is 9.70. The van der Waals surface area contributed by atoms with E-state index >= 15 is 0 Å². The quantitative estimate of drug-likeness (QED) is 0.163. The molecule has 0 radical (unpaired) electrons. The minimum Gasteiger partial charge on any atom is -0.315 e. The van der Waals surface area contributed by atoms with E-state index in [2.05, 4.69) is 29.4 Å². The first-order valence-corrected chi connectivity index (χ1v) is 13.3. The standard InChI is InChI=1S/C20H31NO2.C7H12N6/c1-4-17(15(3)18(22)16-6-5-7-16)21-13-12-20(19(21)23)10-8-14(2)9-11-20;1-10-4-6-2-3-7(12-11-6)13(9)5-8/h14,16H,4-13H2,1-3H3;2-3,5,8,10H,4,9H2,1H3/b17-15+;. The van der Waals surface area contributed by atoms with E-state index in [4.69, 9.17) is 11.3 Å². The molecule has 3 aliphatic rings. The Morgan fingerprint density at radius 3 is 2.44 bits per heavy atom. The first kappa shape index (κ1) is 27.9. The van der Waals surface area contributed by atoms with Crippen molar-refractivity contribution in [2.75, 3.05) is 18.6 Å². The molecule has 1 spiro atoms. The molecule has 0 unspecified atom stereocenters. The first-order valence-electron chi connectivity index (χ1n) is 13.3. The number of hydrogen-bond acceptors (Lipinski definition) is 7. The molecule has 0 bridgehead atoms. The maximum Gasteiger partial charge on any atom is 0.233 e. The van der Waals surface area contributed by atoms with E-state index in [0.29, 0.717) is 24.1 Å². The average molecular weight is 498 g/mol. The fraction of sp³-hybridized carbons (Fsp3) is 0.667. The Kier molecular flexibility index (Phi) is 9.73. The van der Waals surface area contributed by atoms with Crippen molar-refractivity contribution in [1.82, 2.24) is 20.4 Å². The summed E-state index contributed by atoms with van der Waals surface area (Å²) in [6, 6.07) is 3.52. The zero-order valence-corrected chi connectivity index (χ0v) is 22.3. The lowest BCUT2D eigenvalue weighted by Crippen LogP contribution is -2.37. The van der Waals surface area contributed by atoms with Crippen molar-refractivity contribution < 1.29 is 9.59 Å². The third-order valence-corrected chi connectivity index (χ3v) is 8.15. The first-order chi connectivity index (χ1) is 17.3. The number of nitrogens with one attached hydrogen (secondary N) is 2. The van der Waals surface area contributed by atoms with Gasteiger partial charge in [0.05, 0.1) is 11.1 Å². The van der Waals surface area contributed by atoms with Crippen LogP contribution in [0, 0.1) is 22.7 Å². The van der Waals surface area contributed by atoms with Crippen LogP contribution in [0.4, 0.5) is 5.82 Å². The number of amides is 1. The third kappa shape index (κ3) is 6.18. The second kappa shape index (κ2) is 12.5. The molecule has 1 aromatic heterocycles. The molecule has 3 fully saturated rings. The van der Waals surface area contributed by atoms with E-state index in [9.17, 15) is 9.59 Å². The molecule has 36 heavy (non-hydrogen) atoms. The molecular weight excluding hydrogens is 454 g/mol. The lowest BCUT2D eigenvalue weighted by Gasteiger charge is -2.35. The molecule has 2 aliphatic carbocycles. The van der Waals surface area contributed by atoms with Gasteiger partial charge in [0.15, 0.2) is 11.6 Å². The molecule has 198 valence electrons. The average Bonchev–Trinajstić information content (AvgIpc) is 3.16. The summed E-state index contributed by atoms with van der Waals surface area (Å²) in [7, 11) is 1.84. The second-order valence-electron chi connectivity index (χ2n) is 10.5. The largest absolute Gasteiger partial charge is 0.315 e. The number of allylic oxidation sites excluding steroid dienone is 2. The smallest absolute Gasteiger partial charge is 0.233 e. The Morgan fingerprint density at radius 1 is 1.25 bits per heavy atom. The monoisotopic (exact) mass is 497 g/mol. The zero-order valence-electron chi connectivity index (χ0n) is 22.3. The van der Waals surface area contributed by atoms with Gasteiger partial charge in [-0.1, -0.05) is 20.3 Å². The van der Waals surface area contributed by atoms with E-state index < -0.39 is 0 Å². The predicted octanol–water partition coefficient (Wildman–Crippen LogP) is 3.95. The number of nitrogens with zero attached hydrogens (tertiary/aromatic N) is 4. The molecule has 2 heterocycles. The number of Topliss-reactive ketones (excluding diaryl/α,β-unsaturated/α-hetero) is 1. The molecule has 1 amide bonds. The van der Waals surface area contributed by atoms with E-state index in [1.807, 2.05) is 24.9 Å². The molecule has 1 aliphatic heterocycles. The van der Waals surface area contributed by atoms with Gasteiger partial charge in [-0.3, -0.25) is 20.0 Å². The van der Waals surface area contributed by atoms with E-state index in [1.165, 1.54) is 19.3 Å². The van der Waals surface area contributed by atoms with Crippen molar-refractivity contribution in [1.29, 1.82) is 5.41 Å². The number of aromatic nitrogens is 2. The highest BCUT2D eigenvalue weighted by atomic mass is 16.2. The van der Waals surface area contributed by atoms with Crippen LogP contribution in [0.3, 0.4) is 0 Å². The molecule has 4 rings (SSSR count). The molecule has 1 saturated heterocycles. The van der Waals surface area contributed by atoms with Gasteiger partial charge in [0.2, 0.25) is 5.91 Å². The summed E-state index contributed by atoms with van der Waals surface area (Å²) >= 11 is 0. The highest BCUT2D eigenvalue weighted by Crippen LogP contribution is 2.47. The van der Waals surface area contributed by atoms with Crippen molar-refractivity contribution in [3.05, 3.63) is 29.1 Å².